The second kappa shape index (κ2) is 2.51. The molecular formula is C9H15N3. The van der Waals surface area contributed by atoms with Crippen LogP contribution in [0.15, 0.2) is 6.07 Å². The molecular weight excluding hydrogens is 150 g/mol. The average molecular weight is 165 g/mol. The molecule has 1 fully saturated rings. The Balaban J connectivity index is 2.28. The molecule has 1 saturated carbocycles. The molecule has 0 radical (unpaired) electrons. The first-order valence-electron chi connectivity index (χ1n) is 4.52. The molecule has 0 aliphatic heterocycles. The van der Waals surface area contributed by atoms with Gasteiger partial charge in [-0.25, -0.2) is 0 Å². The second-order valence-corrected chi connectivity index (χ2v) is 3.97. The lowest BCUT2D eigenvalue weighted by Gasteiger charge is -2.20. The fourth-order valence-electron chi connectivity index (χ4n) is 2.07. The molecule has 66 valence electrons. The molecule has 3 N–H and O–H groups in total. The van der Waals surface area contributed by atoms with E-state index in [1.807, 2.05) is 6.07 Å². The number of nitrogen functional groups attached to an aromatic ring is 1. The van der Waals surface area contributed by atoms with Gasteiger partial charge in [-0.2, -0.15) is 5.10 Å². The van der Waals surface area contributed by atoms with Crippen molar-refractivity contribution in [1.29, 1.82) is 0 Å². The van der Waals surface area contributed by atoms with Crippen molar-refractivity contribution < 1.29 is 0 Å². The summed E-state index contributed by atoms with van der Waals surface area (Å²) in [7, 11) is 0. The third-order valence-corrected chi connectivity index (χ3v) is 2.96. The van der Waals surface area contributed by atoms with Gasteiger partial charge in [-0.05, 0) is 12.8 Å². The largest absolute Gasteiger partial charge is 0.382 e. The lowest BCUT2D eigenvalue weighted by molar-refractivity contribution is 0.475. The molecule has 3 nitrogen and oxygen atoms in total. The third-order valence-electron chi connectivity index (χ3n) is 2.96. The Kier molecular flexibility index (Phi) is 1.60. The van der Waals surface area contributed by atoms with Crippen LogP contribution in [-0.2, 0) is 5.41 Å². The third kappa shape index (κ3) is 1.09. The molecule has 3 heteroatoms. The van der Waals surface area contributed by atoms with Gasteiger partial charge in [0.25, 0.3) is 0 Å². The molecule has 12 heavy (non-hydrogen) atoms. The summed E-state index contributed by atoms with van der Waals surface area (Å²) in [4.78, 5) is 0. The molecule has 1 aliphatic rings. The molecule has 1 aromatic rings. The molecule has 1 aromatic heterocycles. The Labute approximate surface area is 72.4 Å². The monoisotopic (exact) mass is 165 g/mol. The van der Waals surface area contributed by atoms with Crippen LogP contribution in [0.2, 0.25) is 0 Å². The van der Waals surface area contributed by atoms with Crippen LogP contribution in [0.3, 0.4) is 0 Å². The Morgan fingerprint density at radius 1 is 1.50 bits per heavy atom. The number of H-pyrrole nitrogens is 1. The van der Waals surface area contributed by atoms with E-state index in [0.29, 0.717) is 11.2 Å². The highest BCUT2D eigenvalue weighted by molar-refractivity contribution is 5.32. The summed E-state index contributed by atoms with van der Waals surface area (Å²) in [6.45, 7) is 2.28. The van der Waals surface area contributed by atoms with Crippen molar-refractivity contribution >= 4 is 5.82 Å². The van der Waals surface area contributed by atoms with E-state index in [9.17, 15) is 0 Å². The van der Waals surface area contributed by atoms with Gasteiger partial charge in [0, 0.05) is 17.2 Å². The molecule has 1 aliphatic carbocycles. The molecule has 2 rings (SSSR count). The number of aromatic nitrogens is 2. The first-order valence-corrected chi connectivity index (χ1v) is 4.52. The van der Waals surface area contributed by atoms with E-state index in [-0.39, 0.29) is 0 Å². The number of nitrogens with zero attached hydrogens (tertiary/aromatic N) is 1. The van der Waals surface area contributed by atoms with Crippen LogP contribution in [0.1, 0.15) is 38.3 Å². The highest BCUT2D eigenvalue weighted by Crippen LogP contribution is 2.39. The molecule has 0 bridgehead atoms. The van der Waals surface area contributed by atoms with Crippen molar-refractivity contribution in [3.8, 4) is 0 Å². The zero-order valence-corrected chi connectivity index (χ0v) is 7.43. The van der Waals surface area contributed by atoms with Gasteiger partial charge < -0.3 is 5.73 Å². The van der Waals surface area contributed by atoms with E-state index in [2.05, 4.69) is 17.1 Å². The van der Waals surface area contributed by atoms with Crippen molar-refractivity contribution in [2.45, 2.75) is 38.0 Å². The summed E-state index contributed by atoms with van der Waals surface area (Å²) in [6, 6.07) is 1.96. The predicted octanol–water partition coefficient (Wildman–Crippen LogP) is 1.82. The van der Waals surface area contributed by atoms with Gasteiger partial charge in [0.05, 0.1) is 0 Å². The quantitative estimate of drug-likeness (QED) is 0.667. The SMILES string of the molecule is CC1(c2cc(N)n[nH]2)CCCC1. The summed E-state index contributed by atoms with van der Waals surface area (Å²) >= 11 is 0. The van der Waals surface area contributed by atoms with Crippen LogP contribution in [0.25, 0.3) is 0 Å². The van der Waals surface area contributed by atoms with Crippen molar-refractivity contribution in [1.82, 2.24) is 10.2 Å². The topological polar surface area (TPSA) is 54.7 Å². The standard InChI is InChI=1S/C9H15N3/c1-9(4-2-3-5-9)7-6-8(10)12-11-7/h6H,2-5H2,1H3,(H3,10,11,12). The van der Waals surface area contributed by atoms with E-state index in [1.165, 1.54) is 31.4 Å². The lowest BCUT2D eigenvalue weighted by Crippen LogP contribution is -2.17. The van der Waals surface area contributed by atoms with Crippen molar-refractivity contribution in [3.05, 3.63) is 11.8 Å². The normalized spacial score (nSPS) is 21.4. The zero-order valence-electron chi connectivity index (χ0n) is 7.43. The van der Waals surface area contributed by atoms with Crippen LogP contribution in [0.5, 0.6) is 0 Å². The number of anilines is 1. The van der Waals surface area contributed by atoms with Crippen LogP contribution in [-0.4, -0.2) is 10.2 Å². The maximum absolute atomic E-state index is 5.56. The maximum atomic E-state index is 5.56. The molecule has 1 heterocycles. The lowest BCUT2D eigenvalue weighted by atomic mass is 9.85. The Bertz CT molecular complexity index is 271. The van der Waals surface area contributed by atoms with Gasteiger partial charge in [-0.1, -0.05) is 19.8 Å². The van der Waals surface area contributed by atoms with E-state index in [4.69, 9.17) is 5.73 Å². The first kappa shape index (κ1) is 7.65. The Morgan fingerprint density at radius 3 is 2.67 bits per heavy atom. The van der Waals surface area contributed by atoms with Crippen LogP contribution in [0, 0.1) is 0 Å². The Morgan fingerprint density at radius 2 is 2.17 bits per heavy atom. The maximum Gasteiger partial charge on any atom is 0.145 e. The average Bonchev–Trinajstić information content (AvgIpc) is 2.59. The fraction of sp³-hybridized carbons (Fsp3) is 0.667. The minimum absolute atomic E-state index is 0.310. The summed E-state index contributed by atoms with van der Waals surface area (Å²) in [5.74, 6) is 0.609. The number of hydrogen-bond acceptors (Lipinski definition) is 2. The fourth-order valence-corrected chi connectivity index (χ4v) is 2.07. The van der Waals surface area contributed by atoms with E-state index in [1.54, 1.807) is 0 Å². The molecule has 0 unspecified atom stereocenters. The number of aromatic amines is 1. The van der Waals surface area contributed by atoms with Gasteiger partial charge in [-0.3, -0.25) is 5.10 Å². The van der Waals surface area contributed by atoms with Crippen molar-refractivity contribution in [2.75, 3.05) is 5.73 Å². The van der Waals surface area contributed by atoms with Crippen molar-refractivity contribution in [3.63, 3.8) is 0 Å². The molecule has 0 aromatic carbocycles. The molecule has 0 spiro atoms. The zero-order chi connectivity index (χ0) is 8.60. The highest BCUT2D eigenvalue weighted by Gasteiger charge is 2.31. The van der Waals surface area contributed by atoms with Gasteiger partial charge >= 0.3 is 0 Å². The minimum Gasteiger partial charge on any atom is -0.382 e. The number of hydrogen-bond donors (Lipinski definition) is 2. The predicted molar refractivity (Wildman–Crippen MR) is 48.8 cm³/mol. The minimum atomic E-state index is 0.310. The van der Waals surface area contributed by atoms with Gasteiger partial charge in [-0.15, -0.1) is 0 Å². The summed E-state index contributed by atoms with van der Waals surface area (Å²) in [6.07, 6.45) is 5.17. The van der Waals surface area contributed by atoms with Crippen LogP contribution < -0.4 is 5.73 Å². The number of nitrogens with two attached hydrogens (primary N) is 1. The van der Waals surface area contributed by atoms with Crippen LogP contribution >= 0.6 is 0 Å². The van der Waals surface area contributed by atoms with Gasteiger partial charge in [0.1, 0.15) is 5.82 Å². The van der Waals surface area contributed by atoms with E-state index >= 15 is 0 Å². The number of nitrogens with one attached hydrogen (secondary N) is 1. The first-order chi connectivity index (χ1) is 5.71. The van der Waals surface area contributed by atoms with Gasteiger partial charge in [0.15, 0.2) is 0 Å². The summed E-state index contributed by atoms with van der Waals surface area (Å²) in [5.41, 5.74) is 7.08. The second-order valence-electron chi connectivity index (χ2n) is 3.97. The molecule has 0 atom stereocenters. The Hall–Kier alpha value is -0.990. The highest BCUT2D eigenvalue weighted by atomic mass is 15.2. The summed E-state index contributed by atoms with van der Waals surface area (Å²) in [5, 5.41) is 6.97. The van der Waals surface area contributed by atoms with Crippen molar-refractivity contribution in [2.24, 2.45) is 0 Å². The van der Waals surface area contributed by atoms with Gasteiger partial charge in [0.2, 0.25) is 0 Å². The van der Waals surface area contributed by atoms with E-state index in [0.717, 1.165) is 0 Å². The molecule has 0 saturated heterocycles. The van der Waals surface area contributed by atoms with E-state index < -0.39 is 0 Å². The molecule has 0 amide bonds. The smallest absolute Gasteiger partial charge is 0.145 e. The number of rotatable bonds is 1. The van der Waals surface area contributed by atoms with Crippen LogP contribution in [0.4, 0.5) is 5.82 Å². The summed E-state index contributed by atoms with van der Waals surface area (Å²) < 4.78 is 0.